The zero-order chi connectivity index (χ0) is 12.1. The smallest absolute Gasteiger partial charge is 0.188 e. The molecule has 0 amide bonds. The summed E-state index contributed by atoms with van der Waals surface area (Å²) >= 11 is 0. The van der Waals surface area contributed by atoms with E-state index in [1.54, 1.807) is 6.08 Å². The van der Waals surface area contributed by atoms with E-state index in [9.17, 15) is 0 Å². The molecule has 0 saturated carbocycles. The summed E-state index contributed by atoms with van der Waals surface area (Å²) in [5.74, 6) is 1.40. The van der Waals surface area contributed by atoms with Crippen LogP contribution in [0.15, 0.2) is 41.9 Å². The molecule has 0 fully saturated rings. The molecule has 0 saturated heterocycles. The van der Waals surface area contributed by atoms with Crippen molar-refractivity contribution in [2.75, 3.05) is 13.1 Å². The summed E-state index contributed by atoms with van der Waals surface area (Å²) in [6, 6.07) is 8.06. The van der Waals surface area contributed by atoms with Crippen molar-refractivity contribution < 1.29 is 4.74 Å². The van der Waals surface area contributed by atoms with E-state index < -0.39 is 0 Å². The van der Waals surface area contributed by atoms with Crippen molar-refractivity contribution in [3.8, 4) is 5.75 Å². The molecule has 1 heterocycles. The molecule has 0 spiro atoms. The molecule has 1 aliphatic rings. The zero-order valence-corrected chi connectivity index (χ0v) is 9.73. The fourth-order valence-corrected chi connectivity index (χ4v) is 1.79. The summed E-state index contributed by atoms with van der Waals surface area (Å²) in [6.45, 7) is 4.80. The van der Waals surface area contributed by atoms with Crippen LogP contribution in [-0.2, 0) is 6.42 Å². The van der Waals surface area contributed by atoms with Crippen molar-refractivity contribution in [1.29, 1.82) is 0 Å². The molecule has 0 bridgehead atoms. The lowest BCUT2D eigenvalue weighted by molar-refractivity contribution is 0.242. The molecule has 1 aromatic rings. The van der Waals surface area contributed by atoms with Crippen molar-refractivity contribution in [3.05, 3.63) is 42.5 Å². The van der Waals surface area contributed by atoms with Crippen molar-refractivity contribution >= 4 is 5.96 Å². The second kappa shape index (κ2) is 5.39. The third-order valence-electron chi connectivity index (χ3n) is 2.61. The number of rotatable bonds is 4. The lowest BCUT2D eigenvalue weighted by Gasteiger charge is -2.08. The first-order valence-electron chi connectivity index (χ1n) is 5.69. The summed E-state index contributed by atoms with van der Waals surface area (Å²) in [4.78, 5) is 4.24. The van der Waals surface area contributed by atoms with Gasteiger partial charge in [-0.25, -0.2) is 4.99 Å². The van der Waals surface area contributed by atoms with Crippen LogP contribution in [0.4, 0.5) is 0 Å². The molecule has 0 aliphatic carbocycles. The van der Waals surface area contributed by atoms with Crippen LogP contribution in [0.3, 0.4) is 0 Å². The lowest BCUT2D eigenvalue weighted by atomic mass is 10.1. The van der Waals surface area contributed by atoms with E-state index in [-0.39, 0.29) is 6.10 Å². The van der Waals surface area contributed by atoms with Crippen molar-refractivity contribution in [2.24, 2.45) is 10.7 Å². The standard InChI is InChI=1S/C13H17N3O/c1-2-7-15-13(14)16-9-11-8-10-5-3-4-6-12(10)17-11/h2-6,11H,1,7-9H2,(H3,14,15,16). The Kier molecular flexibility index (Phi) is 3.65. The molecule has 4 heteroatoms. The van der Waals surface area contributed by atoms with Crippen LogP contribution in [0.2, 0.25) is 0 Å². The number of fused-ring (bicyclic) bond motifs is 1. The topological polar surface area (TPSA) is 59.6 Å². The first kappa shape index (κ1) is 11.5. The van der Waals surface area contributed by atoms with Crippen molar-refractivity contribution in [1.82, 2.24) is 5.32 Å². The second-order valence-corrected chi connectivity index (χ2v) is 3.95. The maximum absolute atomic E-state index is 5.75. The first-order valence-corrected chi connectivity index (χ1v) is 5.69. The molecule has 90 valence electrons. The van der Waals surface area contributed by atoms with Gasteiger partial charge in [0.05, 0.1) is 6.54 Å². The largest absolute Gasteiger partial charge is 0.488 e. The van der Waals surface area contributed by atoms with Crippen LogP contribution in [-0.4, -0.2) is 25.2 Å². The van der Waals surface area contributed by atoms with E-state index in [0.29, 0.717) is 19.0 Å². The number of guanidine groups is 1. The molecule has 3 N–H and O–H groups in total. The minimum absolute atomic E-state index is 0.0940. The van der Waals surface area contributed by atoms with E-state index in [1.807, 2.05) is 18.2 Å². The highest BCUT2D eigenvalue weighted by molar-refractivity contribution is 5.77. The van der Waals surface area contributed by atoms with Gasteiger partial charge in [-0.2, -0.15) is 0 Å². The fraction of sp³-hybridized carbons (Fsp3) is 0.308. The summed E-state index contributed by atoms with van der Waals surface area (Å²) in [7, 11) is 0. The quantitative estimate of drug-likeness (QED) is 0.463. The molecule has 1 atom stereocenters. The molecule has 1 aliphatic heterocycles. The summed E-state index contributed by atoms with van der Waals surface area (Å²) in [5, 5.41) is 2.93. The zero-order valence-electron chi connectivity index (χ0n) is 9.73. The minimum Gasteiger partial charge on any atom is -0.488 e. The van der Waals surface area contributed by atoms with Gasteiger partial charge in [0.25, 0.3) is 0 Å². The summed E-state index contributed by atoms with van der Waals surface area (Å²) in [6.07, 6.45) is 2.73. The third kappa shape index (κ3) is 3.00. The van der Waals surface area contributed by atoms with E-state index in [0.717, 1.165) is 12.2 Å². The number of para-hydroxylation sites is 1. The predicted molar refractivity (Wildman–Crippen MR) is 69.3 cm³/mol. The van der Waals surface area contributed by atoms with Gasteiger partial charge in [0.2, 0.25) is 0 Å². The Morgan fingerprint density at radius 3 is 3.18 bits per heavy atom. The number of aliphatic imine (C=N–C) groups is 1. The van der Waals surface area contributed by atoms with Crippen LogP contribution in [0.1, 0.15) is 5.56 Å². The molecule has 0 aromatic heterocycles. The number of nitrogens with two attached hydrogens (primary N) is 1. The van der Waals surface area contributed by atoms with Gasteiger partial charge >= 0.3 is 0 Å². The van der Waals surface area contributed by atoms with Gasteiger partial charge in [0.1, 0.15) is 11.9 Å². The maximum atomic E-state index is 5.75. The van der Waals surface area contributed by atoms with Gasteiger partial charge in [-0.05, 0) is 11.6 Å². The monoisotopic (exact) mass is 231 g/mol. The molecule has 1 aromatic carbocycles. The molecular weight excluding hydrogens is 214 g/mol. The van der Waals surface area contributed by atoms with Crippen LogP contribution >= 0.6 is 0 Å². The Morgan fingerprint density at radius 1 is 1.59 bits per heavy atom. The number of ether oxygens (including phenoxy) is 1. The summed E-state index contributed by atoms with van der Waals surface area (Å²) in [5.41, 5.74) is 6.92. The van der Waals surface area contributed by atoms with E-state index >= 15 is 0 Å². The number of nitrogens with zero attached hydrogens (tertiary/aromatic N) is 1. The van der Waals surface area contributed by atoms with Crippen LogP contribution in [0.5, 0.6) is 5.75 Å². The van der Waals surface area contributed by atoms with Crippen molar-refractivity contribution in [2.45, 2.75) is 12.5 Å². The number of hydrogen-bond donors (Lipinski definition) is 2. The second-order valence-electron chi connectivity index (χ2n) is 3.95. The van der Waals surface area contributed by atoms with Crippen LogP contribution < -0.4 is 15.8 Å². The average Bonchev–Trinajstić information content (AvgIpc) is 2.76. The Balaban J connectivity index is 1.85. The van der Waals surface area contributed by atoms with Crippen molar-refractivity contribution in [3.63, 3.8) is 0 Å². The van der Waals surface area contributed by atoms with E-state index in [2.05, 4.69) is 23.0 Å². The molecular formula is C13H17N3O. The van der Waals surface area contributed by atoms with Gasteiger partial charge in [-0.3, -0.25) is 0 Å². The highest BCUT2D eigenvalue weighted by Gasteiger charge is 2.21. The normalized spacial score (nSPS) is 18.4. The van der Waals surface area contributed by atoms with Gasteiger partial charge < -0.3 is 15.8 Å². The fourth-order valence-electron chi connectivity index (χ4n) is 1.79. The van der Waals surface area contributed by atoms with E-state index in [1.165, 1.54) is 5.56 Å². The maximum Gasteiger partial charge on any atom is 0.188 e. The van der Waals surface area contributed by atoms with Gasteiger partial charge in [0.15, 0.2) is 5.96 Å². The first-order chi connectivity index (χ1) is 8.29. The van der Waals surface area contributed by atoms with Gasteiger partial charge in [-0.1, -0.05) is 24.3 Å². The highest BCUT2D eigenvalue weighted by Crippen LogP contribution is 2.27. The Hall–Kier alpha value is -1.97. The molecule has 17 heavy (non-hydrogen) atoms. The number of benzene rings is 1. The third-order valence-corrected chi connectivity index (χ3v) is 2.61. The molecule has 4 nitrogen and oxygen atoms in total. The number of nitrogens with one attached hydrogen (secondary N) is 1. The SMILES string of the molecule is C=CCNC(N)=NCC1Cc2ccccc2O1. The van der Waals surface area contributed by atoms with Gasteiger partial charge in [0, 0.05) is 13.0 Å². The molecule has 1 unspecified atom stereocenters. The molecule has 0 radical (unpaired) electrons. The van der Waals surface area contributed by atoms with Crippen LogP contribution in [0, 0.1) is 0 Å². The molecule has 2 rings (SSSR count). The predicted octanol–water partition coefficient (Wildman–Crippen LogP) is 1.08. The lowest BCUT2D eigenvalue weighted by Crippen LogP contribution is -2.33. The Morgan fingerprint density at radius 2 is 2.41 bits per heavy atom. The van der Waals surface area contributed by atoms with Gasteiger partial charge in [-0.15, -0.1) is 6.58 Å². The Bertz CT molecular complexity index is 403. The Labute approximate surface area is 101 Å². The van der Waals surface area contributed by atoms with E-state index in [4.69, 9.17) is 10.5 Å². The highest BCUT2D eigenvalue weighted by atomic mass is 16.5. The minimum atomic E-state index is 0.0940. The van der Waals surface area contributed by atoms with Crippen LogP contribution in [0.25, 0.3) is 0 Å². The summed E-state index contributed by atoms with van der Waals surface area (Å²) < 4.78 is 5.75. The number of hydrogen-bond acceptors (Lipinski definition) is 2. The average molecular weight is 231 g/mol.